The molecule has 0 saturated heterocycles. The maximum absolute atomic E-state index is 12.9. The predicted octanol–water partition coefficient (Wildman–Crippen LogP) is 5.08. The Morgan fingerprint density at radius 2 is 1.47 bits per heavy atom. The highest BCUT2D eigenvalue weighted by molar-refractivity contribution is 6.11. The van der Waals surface area contributed by atoms with E-state index in [-0.39, 0.29) is 34.5 Å². The second-order valence-corrected chi connectivity index (χ2v) is 12.8. The topological polar surface area (TPSA) is 146 Å². The average molecular weight is 511 g/mol. The number of H-pyrrole nitrogens is 1. The molecule has 0 radical (unpaired) electrons. The van der Waals surface area contributed by atoms with Crippen LogP contribution in [0.3, 0.4) is 0 Å². The van der Waals surface area contributed by atoms with Gasteiger partial charge in [0, 0.05) is 39.1 Å². The molecule has 4 atom stereocenters. The fourth-order valence-corrected chi connectivity index (χ4v) is 7.95. The monoisotopic (exact) mass is 510 g/mol. The number of ketones is 2. The number of nitrogens with one attached hydrogen (secondary N) is 3. The number of carbonyl (C=O) groups excluding carboxylic acids is 2. The van der Waals surface area contributed by atoms with Gasteiger partial charge in [-0.05, 0) is 43.1 Å². The van der Waals surface area contributed by atoms with Gasteiger partial charge in [-0.15, -0.1) is 0 Å². The van der Waals surface area contributed by atoms with Crippen molar-refractivity contribution in [2.45, 2.75) is 72.6 Å². The molecule has 1 saturated carbocycles. The summed E-state index contributed by atoms with van der Waals surface area (Å²) in [6, 6.07) is 4.15. The van der Waals surface area contributed by atoms with Crippen LogP contribution in [0.2, 0.25) is 0 Å². The third-order valence-corrected chi connectivity index (χ3v) is 9.99. The van der Waals surface area contributed by atoms with Gasteiger partial charge in [0.05, 0.1) is 16.8 Å². The molecule has 8 heteroatoms. The minimum Gasteiger partial charge on any atom is -0.346 e. The number of hydrogen-bond acceptors (Lipinski definition) is 7. The third-order valence-electron chi connectivity index (χ3n) is 9.99. The molecule has 1 aromatic rings. The number of carbonyl (C=O) groups is 2. The Kier molecular flexibility index (Phi) is 5.52. The quantitative estimate of drug-likeness (QED) is 0.506. The normalized spacial score (nSPS) is 34.2. The second-order valence-electron chi connectivity index (χ2n) is 12.8. The summed E-state index contributed by atoms with van der Waals surface area (Å²) in [7, 11) is 0. The number of aromatic nitrogens is 2. The molecule has 1 fully saturated rings. The highest BCUT2D eigenvalue weighted by Crippen LogP contribution is 2.56. The van der Waals surface area contributed by atoms with Crippen LogP contribution >= 0.6 is 0 Å². The van der Waals surface area contributed by atoms with E-state index < -0.39 is 21.7 Å². The van der Waals surface area contributed by atoms with E-state index in [1.165, 1.54) is 0 Å². The second kappa shape index (κ2) is 8.11. The molecule has 0 bridgehead atoms. The van der Waals surface area contributed by atoms with Crippen molar-refractivity contribution in [3.8, 4) is 12.1 Å². The van der Waals surface area contributed by atoms with Crippen molar-refractivity contribution in [1.29, 1.82) is 15.9 Å². The molecule has 0 spiro atoms. The maximum Gasteiger partial charge on any atom is 0.178 e. The minimum atomic E-state index is -0.709. The Labute approximate surface area is 223 Å². The smallest absolute Gasteiger partial charge is 0.178 e. The number of rotatable bonds is 2. The van der Waals surface area contributed by atoms with Crippen molar-refractivity contribution in [2.24, 2.45) is 28.1 Å². The highest BCUT2D eigenvalue weighted by atomic mass is 16.1. The summed E-state index contributed by atoms with van der Waals surface area (Å²) in [6.45, 7) is 11.7. The number of allylic oxidation sites excluding steroid dienone is 5. The molecule has 0 aromatic carbocycles. The minimum absolute atomic E-state index is 0.0310. The van der Waals surface area contributed by atoms with E-state index in [0.717, 1.165) is 41.9 Å². The number of hydrogen-bond donors (Lipinski definition) is 3. The summed E-state index contributed by atoms with van der Waals surface area (Å²) in [5.74, 6) is 0.482. The van der Waals surface area contributed by atoms with Gasteiger partial charge in [0.25, 0.3) is 0 Å². The van der Waals surface area contributed by atoms with Gasteiger partial charge in [-0.1, -0.05) is 53.7 Å². The molecule has 4 aliphatic carbocycles. The summed E-state index contributed by atoms with van der Waals surface area (Å²) in [4.78, 5) is 25.8. The van der Waals surface area contributed by atoms with Gasteiger partial charge in [0.15, 0.2) is 11.6 Å². The van der Waals surface area contributed by atoms with Crippen LogP contribution in [0.15, 0.2) is 35.1 Å². The molecule has 1 heterocycles. The molecule has 8 nitrogen and oxygen atoms in total. The van der Waals surface area contributed by atoms with Crippen LogP contribution in [0, 0.1) is 56.2 Å². The van der Waals surface area contributed by atoms with Gasteiger partial charge in [-0.25, -0.2) is 0 Å². The van der Waals surface area contributed by atoms with Gasteiger partial charge in [-0.2, -0.15) is 15.6 Å². The van der Waals surface area contributed by atoms with Crippen molar-refractivity contribution < 1.29 is 9.59 Å². The lowest BCUT2D eigenvalue weighted by molar-refractivity contribution is -0.129. The number of fused-ring (bicyclic) bond motifs is 4. The van der Waals surface area contributed by atoms with Crippen molar-refractivity contribution in [3.63, 3.8) is 0 Å². The summed E-state index contributed by atoms with van der Waals surface area (Å²) in [5.41, 5.74) is 0.844. The third kappa shape index (κ3) is 3.26. The molecular weight excluding hydrogens is 476 g/mol. The van der Waals surface area contributed by atoms with Gasteiger partial charge < -0.3 is 10.7 Å². The van der Waals surface area contributed by atoms with E-state index >= 15 is 0 Å². The molecule has 38 heavy (non-hydrogen) atoms. The standard InChI is InChI=1S/C30H34N6O2/c1-27(2)20-9-7-16(22(33)29(20,5)11-17(13-31)24(27)37)15-34-26-19-8-10-21-28(3,4)25(38)18(14-32)12-30(21,6)23(19)35-36-26/h11-12,15,20-21,33H,7-10H2,1-6H3,(H2,34,35,36)/b16-15-,33-22?/t20?,21-,29-,30-/m0/s1. The zero-order chi connectivity index (χ0) is 27.8. The molecule has 4 aliphatic rings. The number of Topliss-reactive ketones (excluding diaryl/α,β-unsaturated/α-hetero) is 2. The molecule has 1 unspecified atom stereocenters. The van der Waals surface area contributed by atoms with Crippen LogP contribution in [0.25, 0.3) is 0 Å². The highest BCUT2D eigenvalue weighted by Gasteiger charge is 2.56. The number of aromatic amines is 1. The fraction of sp³-hybridized carbons (Fsp3) is 0.533. The van der Waals surface area contributed by atoms with Crippen molar-refractivity contribution in [1.82, 2.24) is 10.2 Å². The lowest BCUT2D eigenvalue weighted by Gasteiger charge is -2.50. The molecule has 1 aromatic heterocycles. The zero-order valence-corrected chi connectivity index (χ0v) is 22.9. The Morgan fingerprint density at radius 1 is 0.947 bits per heavy atom. The summed E-state index contributed by atoms with van der Waals surface area (Å²) in [6.07, 6.45) is 8.28. The van der Waals surface area contributed by atoms with Crippen LogP contribution in [0.1, 0.15) is 72.1 Å². The van der Waals surface area contributed by atoms with E-state index in [2.05, 4.69) is 34.6 Å². The first kappa shape index (κ1) is 25.9. The molecular formula is C30H34N6O2. The zero-order valence-electron chi connectivity index (χ0n) is 22.9. The number of nitriles is 2. The van der Waals surface area contributed by atoms with Gasteiger partial charge >= 0.3 is 0 Å². The first-order valence-electron chi connectivity index (χ1n) is 13.2. The Morgan fingerprint density at radius 3 is 2.05 bits per heavy atom. The van der Waals surface area contributed by atoms with E-state index in [0.29, 0.717) is 12.1 Å². The first-order valence-corrected chi connectivity index (χ1v) is 13.2. The van der Waals surface area contributed by atoms with Gasteiger partial charge in [0.2, 0.25) is 0 Å². The van der Waals surface area contributed by atoms with Crippen molar-refractivity contribution >= 4 is 23.1 Å². The Bertz CT molecular complexity index is 1470. The van der Waals surface area contributed by atoms with Crippen LogP contribution in [-0.4, -0.2) is 27.5 Å². The Balaban J connectivity index is 1.48. The lowest BCUT2D eigenvalue weighted by Crippen LogP contribution is -2.52. The summed E-state index contributed by atoms with van der Waals surface area (Å²) < 4.78 is 0. The number of nitrogens with zero attached hydrogens (tertiary/aromatic N) is 3. The maximum atomic E-state index is 12.9. The van der Waals surface area contributed by atoms with Crippen LogP contribution in [0.5, 0.6) is 0 Å². The molecule has 0 amide bonds. The average Bonchev–Trinajstić information content (AvgIpc) is 3.29. The molecule has 3 N–H and O–H groups in total. The lowest BCUT2D eigenvalue weighted by atomic mass is 9.51. The van der Waals surface area contributed by atoms with Gasteiger partial charge in [-0.3, -0.25) is 14.7 Å². The molecule has 5 rings (SSSR count). The SMILES string of the molecule is CC1(C)C(=O)C(C#N)=C[C@]2(C)C(=N)/C(=C\Nc3[nH]nc4c3CC[C@H]3C(C)(C)C(=O)C(C#N)=C[C@]43C)CCC12. The number of anilines is 1. The van der Waals surface area contributed by atoms with E-state index in [1.54, 1.807) is 12.2 Å². The summed E-state index contributed by atoms with van der Waals surface area (Å²) in [5, 5.41) is 39.5. The molecule has 0 aliphatic heterocycles. The predicted molar refractivity (Wildman–Crippen MR) is 143 cm³/mol. The molecule has 196 valence electrons. The summed E-state index contributed by atoms with van der Waals surface area (Å²) >= 11 is 0. The van der Waals surface area contributed by atoms with Gasteiger partial charge in [0.1, 0.15) is 18.0 Å². The largest absolute Gasteiger partial charge is 0.346 e. The van der Waals surface area contributed by atoms with Crippen LogP contribution in [0.4, 0.5) is 5.82 Å². The first-order chi connectivity index (χ1) is 17.7. The fourth-order valence-electron chi connectivity index (χ4n) is 7.95. The Hall–Kier alpha value is -3.78. The van der Waals surface area contributed by atoms with Crippen molar-refractivity contribution in [3.05, 3.63) is 46.3 Å². The van der Waals surface area contributed by atoms with Crippen LogP contribution in [-0.2, 0) is 21.4 Å². The van der Waals surface area contributed by atoms with E-state index in [1.807, 2.05) is 40.8 Å². The van der Waals surface area contributed by atoms with Crippen molar-refractivity contribution in [2.75, 3.05) is 5.32 Å². The van der Waals surface area contributed by atoms with Crippen LogP contribution < -0.4 is 5.32 Å². The van der Waals surface area contributed by atoms with E-state index in [9.17, 15) is 20.1 Å². The van der Waals surface area contributed by atoms with E-state index in [4.69, 9.17) is 5.41 Å².